The van der Waals surface area contributed by atoms with Crippen LogP contribution in [0.4, 0.5) is 4.39 Å². The SMILES string of the molecule is O=C(NCc1ccc(Cl)cc1)c1cnc2c(F)cc(S(=O)(=O)NCc3cccc4ccccc34)cc2c1O. The molecule has 38 heavy (non-hydrogen) atoms. The van der Waals surface area contributed by atoms with Gasteiger partial charge in [0.05, 0.1) is 4.90 Å². The number of amides is 1. The van der Waals surface area contributed by atoms with Crippen molar-refractivity contribution in [3.05, 3.63) is 113 Å². The predicted molar refractivity (Wildman–Crippen MR) is 144 cm³/mol. The van der Waals surface area contributed by atoms with E-state index < -0.39 is 32.4 Å². The average molecular weight is 550 g/mol. The van der Waals surface area contributed by atoms with Crippen molar-refractivity contribution < 1.29 is 22.7 Å². The molecule has 5 aromatic rings. The number of benzene rings is 4. The van der Waals surface area contributed by atoms with Crippen molar-refractivity contribution >= 4 is 49.2 Å². The molecule has 192 valence electrons. The van der Waals surface area contributed by atoms with Gasteiger partial charge in [-0.25, -0.2) is 17.5 Å². The summed E-state index contributed by atoms with van der Waals surface area (Å²) in [5.74, 6) is -2.18. The maximum Gasteiger partial charge on any atom is 0.256 e. The van der Waals surface area contributed by atoms with E-state index in [-0.39, 0.29) is 29.6 Å². The molecule has 0 atom stereocenters. The lowest BCUT2D eigenvalue weighted by Gasteiger charge is -2.12. The first-order chi connectivity index (χ1) is 18.2. The maximum absolute atomic E-state index is 14.9. The molecule has 10 heteroatoms. The maximum atomic E-state index is 14.9. The van der Waals surface area contributed by atoms with Gasteiger partial charge in [0.15, 0.2) is 5.82 Å². The second-order valence-electron chi connectivity index (χ2n) is 8.59. The minimum Gasteiger partial charge on any atom is -0.506 e. The summed E-state index contributed by atoms with van der Waals surface area (Å²) in [6, 6.07) is 21.9. The Morgan fingerprint density at radius 2 is 1.68 bits per heavy atom. The number of nitrogens with one attached hydrogen (secondary N) is 2. The largest absolute Gasteiger partial charge is 0.506 e. The van der Waals surface area contributed by atoms with Crippen molar-refractivity contribution in [1.29, 1.82) is 0 Å². The summed E-state index contributed by atoms with van der Waals surface area (Å²) < 4.78 is 43.5. The zero-order valence-corrected chi connectivity index (χ0v) is 21.4. The van der Waals surface area contributed by atoms with Crippen LogP contribution in [0, 0.1) is 5.82 Å². The summed E-state index contributed by atoms with van der Waals surface area (Å²) in [4.78, 5) is 16.3. The molecule has 0 aliphatic carbocycles. The van der Waals surface area contributed by atoms with E-state index in [1.54, 1.807) is 30.3 Å². The van der Waals surface area contributed by atoms with Gasteiger partial charge < -0.3 is 10.4 Å². The molecule has 7 nitrogen and oxygen atoms in total. The predicted octanol–water partition coefficient (Wildman–Crippen LogP) is 5.29. The van der Waals surface area contributed by atoms with Crippen LogP contribution in [0.1, 0.15) is 21.5 Å². The number of nitrogens with zero attached hydrogens (tertiary/aromatic N) is 1. The van der Waals surface area contributed by atoms with Crippen LogP contribution in [0.3, 0.4) is 0 Å². The Bertz CT molecular complexity index is 1790. The number of rotatable bonds is 7. The highest BCUT2D eigenvalue weighted by molar-refractivity contribution is 7.89. The normalized spacial score (nSPS) is 11.6. The van der Waals surface area contributed by atoms with Crippen LogP contribution in [0.25, 0.3) is 21.7 Å². The molecule has 0 saturated carbocycles. The summed E-state index contributed by atoms with van der Waals surface area (Å²) in [6.45, 7) is 0.120. The molecular formula is C28H21ClFN3O4S. The number of hydrogen-bond donors (Lipinski definition) is 3. The highest BCUT2D eigenvalue weighted by Crippen LogP contribution is 2.31. The number of aromatic nitrogens is 1. The molecule has 1 amide bonds. The lowest BCUT2D eigenvalue weighted by atomic mass is 10.1. The molecule has 1 aromatic heterocycles. The number of sulfonamides is 1. The van der Waals surface area contributed by atoms with Gasteiger partial charge in [-0.1, -0.05) is 66.2 Å². The fraction of sp³-hybridized carbons (Fsp3) is 0.0714. The quantitative estimate of drug-likeness (QED) is 0.255. The van der Waals surface area contributed by atoms with E-state index in [0.29, 0.717) is 5.02 Å². The van der Waals surface area contributed by atoms with E-state index in [2.05, 4.69) is 15.0 Å². The third-order valence-corrected chi connectivity index (χ3v) is 7.76. The minimum absolute atomic E-state index is 0.0271. The van der Waals surface area contributed by atoms with Crippen molar-refractivity contribution in [2.45, 2.75) is 18.0 Å². The van der Waals surface area contributed by atoms with Gasteiger partial charge in [-0.15, -0.1) is 0 Å². The molecule has 0 aliphatic rings. The van der Waals surface area contributed by atoms with Gasteiger partial charge in [-0.05, 0) is 46.2 Å². The van der Waals surface area contributed by atoms with Gasteiger partial charge >= 0.3 is 0 Å². The van der Waals surface area contributed by atoms with Gasteiger partial charge in [0, 0.05) is 29.7 Å². The molecular weight excluding hydrogens is 529 g/mol. The third kappa shape index (κ3) is 5.17. The Labute approximate surface area is 223 Å². The molecule has 1 heterocycles. The van der Waals surface area contributed by atoms with Gasteiger partial charge in [0.25, 0.3) is 5.91 Å². The molecule has 4 aromatic carbocycles. The second-order valence-corrected chi connectivity index (χ2v) is 10.8. The van der Waals surface area contributed by atoms with Crippen molar-refractivity contribution in [2.24, 2.45) is 0 Å². The van der Waals surface area contributed by atoms with Crippen LogP contribution in [0.15, 0.2) is 90.0 Å². The van der Waals surface area contributed by atoms with E-state index in [4.69, 9.17) is 11.6 Å². The van der Waals surface area contributed by atoms with Crippen LogP contribution >= 0.6 is 11.6 Å². The van der Waals surface area contributed by atoms with Crippen molar-refractivity contribution in [3.63, 3.8) is 0 Å². The number of aromatic hydroxyl groups is 1. The van der Waals surface area contributed by atoms with E-state index in [1.165, 1.54) is 0 Å². The van der Waals surface area contributed by atoms with Gasteiger partial charge in [0.2, 0.25) is 10.0 Å². The van der Waals surface area contributed by atoms with Crippen LogP contribution < -0.4 is 10.0 Å². The van der Waals surface area contributed by atoms with Gasteiger partial charge in [0.1, 0.15) is 16.8 Å². The molecule has 3 N–H and O–H groups in total. The smallest absolute Gasteiger partial charge is 0.256 e. The molecule has 0 bridgehead atoms. The van der Waals surface area contributed by atoms with Crippen LogP contribution in [-0.4, -0.2) is 24.4 Å². The second kappa shape index (κ2) is 10.4. The molecule has 0 unspecified atom stereocenters. The molecule has 0 fully saturated rings. The Morgan fingerprint density at radius 1 is 0.947 bits per heavy atom. The number of fused-ring (bicyclic) bond motifs is 2. The average Bonchev–Trinajstić information content (AvgIpc) is 2.92. The molecule has 0 spiro atoms. The number of hydrogen-bond acceptors (Lipinski definition) is 5. The first kappa shape index (κ1) is 25.6. The topological polar surface area (TPSA) is 108 Å². The van der Waals surface area contributed by atoms with Crippen molar-refractivity contribution in [1.82, 2.24) is 15.0 Å². The van der Waals surface area contributed by atoms with Crippen LogP contribution in [0.2, 0.25) is 5.02 Å². The van der Waals surface area contributed by atoms with Crippen LogP contribution in [0.5, 0.6) is 5.75 Å². The summed E-state index contributed by atoms with van der Waals surface area (Å²) >= 11 is 5.87. The summed E-state index contributed by atoms with van der Waals surface area (Å²) in [6.07, 6.45) is 1.05. The fourth-order valence-corrected chi connectivity index (χ4v) is 5.29. The first-order valence-electron chi connectivity index (χ1n) is 11.5. The highest BCUT2D eigenvalue weighted by Gasteiger charge is 2.22. The monoisotopic (exact) mass is 549 g/mol. The van der Waals surface area contributed by atoms with E-state index in [9.17, 15) is 22.7 Å². The molecule has 5 rings (SSSR count). The van der Waals surface area contributed by atoms with Gasteiger partial charge in [-0.2, -0.15) is 0 Å². The van der Waals surface area contributed by atoms with Crippen molar-refractivity contribution in [3.8, 4) is 5.75 Å². The van der Waals surface area contributed by atoms with Crippen LogP contribution in [-0.2, 0) is 23.1 Å². The lowest BCUT2D eigenvalue weighted by molar-refractivity contribution is 0.0948. The number of halogens is 2. The number of carbonyl (C=O) groups excluding carboxylic acids is 1. The van der Waals surface area contributed by atoms with Crippen molar-refractivity contribution in [2.75, 3.05) is 0 Å². The highest BCUT2D eigenvalue weighted by atomic mass is 35.5. The Morgan fingerprint density at radius 3 is 2.47 bits per heavy atom. The molecule has 0 saturated heterocycles. The van der Waals surface area contributed by atoms with Gasteiger partial charge in [-0.3, -0.25) is 9.78 Å². The van der Waals surface area contributed by atoms with E-state index in [0.717, 1.165) is 40.2 Å². The Kier molecular flexibility index (Phi) is 6.98. The first-order valence-corrected chi connectivity index (χ1v) is 13.4. The summed E-state index contributed by atoms with van der Waals surface area (Å²) in [7, 11) is -4.18. The standard InChI is InChI=1S/C28H21ClFN3O4S/c29-20-10-8-17(9-11-20)14-32-28(35)24-16-31-26-23(27(24)34)12-21(13-25(26)30)38(36,37)33-15-19-6-3-5-18-4-1-2-7-22(18)19/h1-13,16,33H,14-15H2,(H,31,34)(H,32,35). The lowest BCUT2D eigenvalue weighted by Crippen LogP contribution is -2.24. The zero-order valence-electron chi connectivity index (χ0n) is 19.8. The van der Waals surface area contributed by atoms with E-state index in [1.807, 2.05) is 36.4 Å². The Balaban J connectivity index is 1.41. The third-order valence-electron chi connectivity index (χ3n) is 6.12. The number of pyridine rings is 1. The molecule has 0 aliphatic heterocycles. The fourth-order valence-electron chi connectivity index (χ4n) is 4.13. The Hall–Kier alpha value is -4.05. The number of carbonyl (C=O) groups is 1. The summed E-state index contributed by atoms with van der Waals surface area (Å²) in [5.41, 5.74) is 1.04. The summed E-state index contributed by atoms with van der Waals surface area (Å²) in [5, 5.41) is 15.6. The van der Waals surface area contributed by atoms with E-state index >= 15 is 0 Å². The molecule has 0 radical (unpaired) electrons. The zero-order chi connectivity index (χ0) is 26.9. The minimum atomic E-state index is -4.18.